The van der Waals surface area contributed by atoms with Crippen LogP contribution in [0.5, 0.6) is 11.5 Å². The van der Waals surface area contributed by atoms with Crippen LogP contribution in [-0.4, -0.2) is 34.2 Å². The number of rotatable bonds is 5. The van der Waals surface area contributed by atoms with Crippen LogP contribution in [0.2, 0.25) is 5.02 Å². The lowest BCUT2D eigenvalue weighted by molar-refractivity contribution is 0.0922. The van der Waals surface area contributed by atoms with E-state index in [2.05, 4.69) is 15.4 Å². The van der Waals surface area contributed by atoms with E-state index < -0.39 is 5.82 Å². The standard InChI is InChI=1S/C27H26ClFN4O3/c1-14(2)25-17(27(34)31-19-11-12-36-20-8-6-5-7-16(19)20)13-30-26-22(15(3)32-33(25)26)23-18(29)9-10-21(35-4)24(23)28/h5-10,13-14,19H,11-12H2,1-4H3,(H,31,34)/t19-/m0/s1. The van der Waals surface area contributed by atoms with Crippen LogP contribution in [0.4, 0.5) is 4.39 Å². The van der Waals surface area contributed by atoms with Crippen molar-refractivity contribution in [2.75, 3.05) is 13.7 Å². The van der Waals surface area contributed by atoms with Gasteiger partial charge in [0.15, 0.2) is 5.65 Å². The summed E-state index contributed by atoms with van der Waals surface area (Å²) in [6.07, 6.45) is 2.19. The van der Waals surface area contributed by atoms with Gasteiger partial charge in [0.05, 0.1) is 47.3 Å². The second kappa shape index (κ2) is 9.43. The smallest absolute Gasteiger partial charge is 0.255 e. The molecule has 1 amide bonds. The van der Waals surface area contributed by atoms with Crippen LogP contribution < -0.4 is 14.8 Å². The highest BCUT2D eigenvalue weighted by molar-refractivity contribution is 6.35. The number of amides is 1. The van der Waals surface area contributed by atoms with Gasteiger partial charge in [-0.15, -0.1) is 0 Å². The minimum Gasteiger partial charge on any atom is -0.495 e. The number of aryl methyl sites for hydroxylation is 1. The van der Waals surface area contributed by atoms with Crippen molar-refractivity contribution in [1.29, 1.82) is 0 Å². The molecule has 1 atom stereocenters. The Hall–Kier alpha value is -3.65. The largest absolute Gasteiger partial charge is 0.495 e. The summed E-state index contributed by atoms with van der Waals surface area (Å²) < 4.78 is 27.6. The zero-order valence-corrected chi connectivity index (χ0v) is 21.2. The Morgan fingerprint density at radius 1 is 1.25 bits per heavy atom. The molecule has 186 valence electrons. The maximum Gasteiger partial charge on any atom is 0.255 e. The van der Waals surface area contributed by atoms with Crippen molar-refractivity contribution in [3.63, 3.8) is 0 Å². The van der Waals surface area contributed by atoms with Gasteiger partial charge >= 0.3 is 0 Å². The lowest BCUT2D eigenvalue weighted by Gasteiger charge is -2.27. The fourth-order valence-corrected chi connectivity index (χ4v) is 5.10. The van der Waals surface area contributed by atoms with Crippen molar-refractivity contribution in [3.05, 3.63) is 75.9 Å². The van der Waals surface area contributed by atoms with Crippen molar-refractivity contribution >= 4 is 23.2 Å². The molecular formula is C27H26ClFN4O3. The number of hydrogen-bond acceptors (Lipinski definition) is 5. The molecule has 0 bridgehead atoms. The third-order valence-corrected chi connectivity index (χ3v) is 6.81. The van der Waals surface area contributed by atoms with Gasteiger partial charge in [-0.25, -0.2) is 13.9 Å². The summed E-state index contributed by atoms with van der Waals surface area (Å²) in [6, 6.07) is 10.3. The molecule has 1 N–H and O–H groups in total. The number of aromatic nitrogens is 3. The number of hydrogen-bond donors (Lipinski definition) is 1. The molecular weight excluding hydrogens is 483 g/mol. The molecule has 0 saturated heterocycles. The number of nitrogens with zero attached hydrogens (tertiary/aromatic N) is 3. The number of carbonyl (C=O) groups excluding carboxylic acids is 1. The van der Waals surface area contributed by atoms with Crippen molar-refractivity contribution in [2.45, 2.75) is 39.2 Å². The van der Waals surface area contributed by atoms with E-state index in [1.165, 1.54) is 25.4 Å². The number of carbonyl (C=O) groups is 1. The lowest BCUT2D eigenvalue weighted by Crippen LogP contribution is -2.33. The molecule has 36 heavy (non-hydrogen) atoms. The van der Waals surface area contributed by atoms with E-state index in [4.69, 9.17) is 21.1 Å². The SMILES string of the molecule is COc1ccc(F)c(-c2c(C)nn3c(C(C)C)c(C(=O)N[C@H]4CCOc5ccccc54)cnc23)c1Cl. The summed E-state index contributed by atoms with van der Waals surface area (Å²) in [7, 11) is 1.47. The first-order valence-electron chi connectivity index (χ1n) is 11.7. The molecule has 7 nitrogen and oxygen atoms in total. The summed E-state index contributed by atoms with van der Waals surface area (Å²) in [5.41, 5.74) is 3.61. The third kappa shape index (κ3) is 3.95. The molecule has 9 heteroatoms. The molecule has 0 fully saturated rings. The van der Waals surface area contributed by atoms with Crippen LogP contribution in [0.3, 0.4) is 0 Å². The van der Waals surface area contributed by atoms with E-state index in [9.17, 15) is 4.79 Å². The van der Waals surface area contributed by atoms with Crippen LogP contribution >= 0.6 is 11.6 Å². The average Bonchev–Trinajstić information content (AvgIpc) is 3.19. The summed E-state index contributed by atoms with van der Waals surface area (Å²) in [6.45, 7) is 6.24. The van der Waals surface area contributed by atoms with Crippen molar-refractivity contribution in [3.8, 4) is 22.6 Å². The highest BCUT2D eigenvalue weighted by atomic mass is 35.5. The summed E-state index contributed by atoms with van der Waals surface area (Å²) in [5, 5.41) is 7.94. The Morgan fingerprint density at radius 2 is 2.03 bits per heavy atom. The van der Waals surface area contributed by atoms with E-state index in [-0.39, 0.29) is 28.5 Å². The molecule has 2 aromatic carbocycles. The number of fused-ring (bicyclic) bond motifs is 2. The second-order valence-corrected chi connectivity index (χ2v) is 9.43. The van der Waals surface area contributed by atoms with Gasteiger partial charge in [-0.05, 0) is 31.0 Å². The second-order valence-electron chi connectivity index (χ2n) is 9.05. The minimum atomic E-state index is -0.508. The number of benzene rings is 2. The zero-order valence-electron chi connectivity index (χ0n) is 20.4. The van der Waals surface area contributed by atoms with Gasteiger partial charge in [-0.2, -0.15) is 5.10 Å². The maximum absolute atomic E-state index is 15.0. The molecule has 0 spiro atoms. The molecule has 1 aliphatic rings. The molecule has 4 aromatic rings. The van der Waals surface area contributed by atoms with Crippen LogP contribution in [0.25, 0.3) is 16.8 Å². The van der Waals surface area contributed by atoms with Crippen LogP contribution in [-0.2, 0) is 0 Å². The van der Waals surface area contributed by atoms with Crippen LogP contribution in [0.1, 0.15) is 59.5 Å². The topological polar surface area (TPSA) is 77.8 Å². The highest BCUT2D eigenvalue weighted by Gasteiger charge is 2.28. The number of halogens is 2. The molecule has 1 aliphatic heterocycles. The van der Waals surface area contributed by atoms with E-state index in [1.807, 2.05) is 38.1 Å². The Bertz CT molecular complexity index is 1480. The number of ether oxygens (including phenoxy) is 2. The van der Waals surface area contributed by atoms with Gasteiger partial charge in [0.1, 0.15) is 17.3 Å². The predicted octanol–water partition coefficient (Wildman–Crippen LogP) is 5.88. The molecule has 0 aliphatic carbocycles. The first-order chi connectivity index (χ1) is 17.3. The molecule has 2 aromatic heterocycles. The van der Waals surface area contributed by atoms with Crippen LogP contribution in [0, 0.1) is 12.7 Å². The van der Waals surface area contributed by atoms with Gasteiger partial charge in [-0.3, -0.25) is 4.79 Å². The number of nitrogens with one attached hydrogen (secondary N) is 1. The van der Waals surface area contributed by atoms with Gasteiger partial charge in [0, 0.05) is 23.7 Å². The van der Waals surface area contributed by atoms with E-state index in [0.29, 0.717) is 46.9 Å². The zero-order chi connectivity index (χ0) is 25.6. The fourth-order valence-electron chi connectivity index (χ4n) is 4.78. The van der Waals surface area contributed by atoms with E-state index in [0.717, 1.165) is 11.3 Å². The minimum absolute atomic E-state index is 0.0731. The summed E-state index contributed by atoms with van der Waals surface area (Å²) in [5.74, 6) is 0.290. The fraction of sp³-hybridized carbons (Fsp3) is 0.296. The quantitative estimate of drug-likeness (QED) is 0.364. The third-order valence-electron chi connectivity index (χ3n) is 6.44. The van der Waals surface area contributed by atoms with Gasteiger partial charge in [-0.1, -0.05) is 43.6 Å². The van der Waals surface area contributed by atoms with Gasteiger partial charge < -0.3 is 14.8 Å². The maximum atomic E-state index is 15.0. The molecule has 3 heterocycles. The molecule has 5 rings (SSSR count). The Labute approximate surface area is 213 Å². The Balaban J connectivity index is 1.61. The molecule has 0 radical (unpaired) electrons. The average molecular weight is 509 g/mol. The summed E-state index contributed by atoms with van der Waals surface area (Å²) in [4.78, 5) is 18.1. The molecule has 0 saturated carbocycles. The summed E-state index contributed by atoms with van der Waals surface area (Å²) >= 11 is 6.51. The highest BCUT2D eigenvalue weighted by Crippen LogP contribution is 2.41. The lowest BCUT2D eigenvalue weighted by atomic mass is 9.99. The Kier molecular flexibility index (Phi) is 6.30. The number of para-hydroxylation sites is 1. The van der Waals surface area contributed by atoms with Gasteiger partial charge in [0.2, 0.25) is 0 Å². The van der Waals surface area contributed by atoms with Gasteiger partial charge in [0.25, 0.3) is 5.91 Å². The van der Waals surface area contributed by atoms with Crippen molar-refractivity contribution < 1.29 is 18.7 Å². The number of methoxy groups -OCH3 is 1. The van der Waals surface area contributed by atoms with Crippen molar-refractivity contribution in [1.82, 2.24) is 19.9 Å². The Morgan fingerprint density at radius 3 is 2.78 bits per heavy atom. The van der Waals surface area contributed by atoms with E-state index in [1.54, 1.807) is 11.4 Å². The first kappa shape index (κ1) is 24.1. The van der Waals surface area contributed by atoms with Crippen LogP contribution in [0.15, 0.2) is 42.6 Å². The first-order valence-corrected chi connectivity index (χ1v) is 12.1. The predicted molar refractivity (Wildman–Crippen MR) is 136 cm³/mol. The normalized spacial score (nSPS) is 15.0. The molecule has 0 unspecified atom stereocenters. The van der Waals surface area contributed by atoms with E-state index >= 15 is 4.39 Å². The van der Waals surface area contributed by atoms with Crippen molar-refractivity contribution in [2.24, 2.45) is 0 Å². The monoisotopic (exact) mass is 508 g/mol.